The highest BCUT2D eigenvalue weighted by Gasteiger charge is 2.25. The zero-order valence-electron chi connectivity index (χ0n) is 14.1. The molecule has 3 nitrogen and oxygen atoms in total. The topological polar surface area (TPSA) is 32.3 Å². The van der Waals surface area contributed by atoms with Gasteiger partial charge in [-0.25, -0.2) is 8.78 Å². The Bertz CT molecular complexity index is 544. The third-order valence-corrected chi connectivity index (χ3v) is 5.09. The number of carbonyl (C=O) groups excluding carboxylic acids is 1. The molecule has 128 valence electrons. The zero-order chi connectivity index (χ0) is 17.0. The minimum absolute atomic E-state index is 0.0493. The summed E-state index contributed by atoms with van der Waals surface area (Å²) in [4.78, 5) is 14.1. The number of piperidine rings is 1. The Morgan fingerprint density at radius 3 is 2.52 bits per heavy atom. The van der Waals surface area contributed by atoms with Crippen LogP contribution in [0.3, 0.4) is 0 Å². The number of hydrogen-bond donors (Lipinski definition) is 1. The molecule has 2 rings (SSSR count). The first-order valence-corrected chi connectivity index (χ1v) is 8.31. The highest BCUT2D eigenvalue weighted by molar-refractivity contribution is 5.76. The van der Waals surface area contributed by atoms with E-state index in [-0.39, 0.29) is 11.9 Å². The Morgan fingerprint density at radius 1 is 1.26 bits per heavy atom. The van der Waals surface area contributed by atoms with E-state index in [1.165, 1.54) is 12.1 Å². The summed E-state index contributed by atoms with van der Waals surface area (Å²) in [6, 6.07) is 3.53. The summed E-state index contributed by atoms with van der Waals surface area (Å²) in [5.41, 5.74) is 0.606. The number of halogens is 2. The van der Waals surface area contributed by atoms with Gasteiger partial charge in [0.1, 0.15) is 0 Å². The second kappa shape index (κ2) is 7.86. The number of hydrogen-bond acceptors (Lipinski definition) is 2. The lowest BCUT2D eigenvalue weighted by molar-refractivity contribution is -0.133. The van der Waals surface area contributed by atoms with Crippen LogP contribution in [0.4, 0.5) is 8.78 Å². The predicted molar refractivity (Wildman–Crippen MR) is 86.9 cm³/mol. The summed E-state index contributed by atoms with van der Waals surface area (Å²) >= 11 is 0. The largest absolute Gasteiger partial charge is 0.339 e. The normalized spacial score (nSPS) is 18.5. The number of nitrogens with one attached hydrogen (secondary N) is 1. The third-order valence-electron chi connectivity index (χ3n) is 5.09. The second-order valence-electron chi connectivity index (χ2n) is 6.62. The van der Waals surface area contributed by atoms with Gasteiger partial charge in [0.25, 0.3) is 0 Å². The number of amides is 1. The smallest absolute Gasteiger partial charge is 0.223 e. The van der Waals surface area contributed by atoms with Crippen molar-refractivity contribution in [3.8, 4) is 0 Å². The second-order valence-corrected chi connectivity index (χ2v) is 6.62. The van der Waals surface area contributed by atoms with Crippen LogP contribution < -0.4 is 5.32 Å². The highest BCUT2D eigenvalue weighted by Crippen LogP contribution is 2.27. The van der Waals surface area contributed by atoms with Gasteiger partial charge in [0, 0.05) is 13.5 Å². The number of nitrogens with zero attached hydrogens (tertiary/aromatic N) is 1. The Labute approximate surface area is 137 Å². The maximum absolute atomic E-state index is 13.4. The SMILES string of the molecule is CC(CC(=O)N(C)C(C)c1ccc(F)c(F)c1)C1CCNCC1. The lowest BCUT2D eigenvalue weighted by atomic mass is 9.84. The molecule has 1 fully saturated rings. The maximum Gasteiger partial charge on any atom is 0.223 e. The average Bonchev–Trinajstić information content (AvgIpc) is 2.56. The first-order chi connectivity index (χ1) is 10.9. The van der Waals surface area contributed by atoms with E-state index in [1.807, 2.05) is 6.92 Å². The number of benzene rings is 1. The molecule has 0 bridgehead atoms. The lowest BCUT2D eigenvalue weighted by Crippen LogP contribution is -2.35. The highest BCUT2D eigenvalue weighted by atomic mass is 19.2. The third kappa shape index (κ3) is 4.50. The van der Waals surface area contributed by atoms with Crippen molar-refractivity contribution in [1.29, 1.82) is 0 Å². The van der Waals surface area contributed by atoms with Gasteiger partial charge in [0.2, 0.25) is 5.91 Å². The molecule has 0 saturated carbocycles. The molecular weight excluding hydrogens is 298 g/mol. The Hall–Kier alpha value is -1.49. The van der Waals surface area contributed by atoms with Gasteiger partial charge < -0.3 is 10.2 Å². The molecule has 1 amide bonds. The maximum atomic E-state index is 13.4. The molecule has 23 heavy (non-hydrogen) atoms. The van der Waals surface area contributed by atoms with Crippen molar-refractivity contribution in [2.24, 2.45) is 11.8 Å². The summed E-state index contributed by atoms with van der Waals surface area (Å²) < 4.78 is 26.4. The summed E-state index contributed by atoms with van der Waals surface area (Å²) in [6.07, 6.45) is 2.71. The molecule has 1 heterocycles. The molecule has 2 atom stereocenters. The van der Waals surface area contributed by atoms with E-state index in [4.69, 9.17) is 0 Å². The van der Waals surface area contributed by atoms with Crippen molar-refractivity contribution in [3.05, 3.63) is 35.4 Å². The summed E-state index contributed by atoms with van der Waals surface area (Å²) in [7, 11) is 1.73. The molecule has 5 heteroatoms. The lowest BCUT2D eigenvalue weighted by Gasteiger charge is -2.31. The monoisotopic (exact) mass is 324 g/mol. The standard InChI is InChI=1S/C18H26F2N2O/c1-12(14-6-8-21-9-7-14)10-18(23)22(3)13(2)15-4-5-16(19)17(20)11-15/h4-5,11-14,21H,6-10H2,1-3H3. The molecule has 0 spiro atoms. The van der Waals surface area contributed by atoms with Crippen LogP contribution in [0.5, 0.6) is 0 Å². The van der Waals surface area contributed by atoms with Gasteiger partial charge in [-0.15, -0.1) is 0 Å². The minimum atomic E-state index is -0.877. The van der Waals surface area contributed by atoms with Crippen molar-refractivity contribution in [2.75, 3.05) is 20.1 Å². The quantitative estimate of drug-likeness (QED) is 0.899. The van der Waals surface area contributed by atoms with Crippen LogP contribution in [0.2, 0.25) is 0 Å². The van der Waals surface area contributed by atoms with E-state index in [1.54, 1.807) is 11.9 Å². The van der Waals surface area contributed by atoms with E-state index in [0.717, 1.165) is 32.0 Å². The van der Waals surface area contributed by atoms with Crippen molar-refractivity contribution >= 4 is 5.91 Å². The molecule has 0 aromatic heterocycles. The van der Waals surface area contributed by atoms with Gasteiger partial charge in [0.15, 0.2) is 11.6 Å². The predicted octanol–water partition coefficient (Wildman–Crippen LogP) is 3.51. The van der Waals surface area contributed by atoms with E-state index < -0.39 is 11.6 Å². The van der Waals surface area contributed by atoms with Crippen LogP contribution in [-0.4, -0.2) is 30.9 Å². The van der Waals surface area contributed by atoms with Gasteiger partial charge in [0.05, 0.1) is 6.04 Å². The van der Waals surface area contributed by atoms with Crippen LogP contribution in [0.15, 0.2) is 18.2 Å². The molecule has 0 radical (unpaired) electrons. The van der Waals surface area contributed by atoms with Gasteiger partial charge in [-0.1, -0.05) is 13.0 Å². The minimum Gasteiger partial charge on any atom is -0.339 e. The van der Waals surface area contributed by atoms with Crippen LogP contribution >= 0.6 is 0 Å². The van der Waals surface area contributed by atoms with Crippen molar-refractivity contribution in [1.82, 2.24) is 10.2 Å². The van der Waals surface area contributed by atoms with Gasteiger partial charge in [-0.3, -0.25) is 4.79 Å². The van der Waals surface area contributed by atoms with E-state index in [9.17, 15) is 13.6 Å². The Kier molecular flexibility index (Phi) is 6.10. The zero-order valence-corrected chi connectivity index (χ0v) is 14.1. The number of rotatable bonds is 5. The molecule has 1 aromatic carbocycles. The molecule has 1 aromatic rings. The molecular formula is C18H26F2N2O. The fourth-order valence-electron chi connectivity index (χ4n) is 3.21. The first-order valence-electron chi connectivity index (χ1n) is 8.31. The van der Waals surface area contributed by atoms with Gasteiger partial charge in [-0.2, -0.15) is 0 Å². The van der Waals surface area contributed by atoms with E-state index in [2.05, 4.69) is 12.2 Å². The van der Waals surface area contributed by atoms with E-state index in [0.29, 0.717) is 23.8 Å². The van der Waals surface area contributed by atoms with Crippen LogP contribution in [0, 0.1) is 23.5 Å². The molecule has 2 unspecified atom stereocenters. The van der Waals surface area contributed by atoms with Crippen molar-refractivity contribution in [3.63, 3.8) is 0 Å². The first kappa shape index (κ1) is 17.9. The van der Waals surface area contributed by atoms with Crippen LogP contribution in [0.25, 0.3) is 0 Å². The molecule has 1 aliphatic rings. The summed E-state index contributed by atoms with van der Waals surface area (Å²) in [5, 5.41) is 3.33. The summed E-state index contributed by atoms with van der Waals surface area (Å²) in [5.74, 6) is -0.780. The molecule has 0 aliphatic carbocycles. The fourth-order valence-corrected chi connectivity index (χ4v) is 3.21. The molecule has 1 aliphatic heterocycles. The van der Waals surface area contributed by atoms with E-state index >= 15 is 0 Å². The van der Waals surface area contributed by atoms with Crippen LogP contribution in [-0.2, 0) is 4.79 Å². The fraction of sp³-hybridized carbons (Fsp3) is 0.611. The Morgan fingerprint density at radius 2 is 1.91 bits per heavy atom. The van der Waals surface area contributed by atoms with Gasteiger partial charge in [-0.05, 0) is 62.4 Å². The van der Waals surface area contributed by atoms with Crippen molar-refractivity contribution in [2.45, 2.75) is 39.2 Å². The van der Waals surface area contributed by atoms with Crippen molar-refractivity contribution < 1.29 is 13.6 Å². The van der Waals surface area contributed by atoms with Crippen LogP contribution in [0.1, 0.15) is 44.7 Å². The molecule has 1 saturated heterocycles. The van der Waals surface area contributed by atoms with Gasteiger partial charge >= 0.3 is 0 Å². The molecule has 1 N–H and O–H groups in total. The summed E-state index contributed by atoms with van der Waals surface area (Å²) in [6.45, 7) is 6.00. The average molecular weight is 324 g/mol. The Balaban J connectivity index is 1.96. The number of carbonyl (C=O) groups is 1.